The van der Waals surface area contributed by atoms with Crippen molar-refractivity contribution in [1.29, 1.82) is 0 Å². The average molecular weight is 536 g/mol. The Morgan fingerprint density at radius 1 is 0.972 bits per heavy atom. The van der Waals surface area contributed by atoms with Gasteiger partial charge in [-0.1, -0.05) is 79.5 Å². The highest BCUT2D eigenvalue weighted by Gasteiger charge is 2.49. The quantitative estimate of drug-likeness (QED) is 0.249. The van der Waals surface area contributed by atoms with Gasteiger partial charge in [-0.3, -0.25) is 9.80 Å². The lowest BCUT2D eigenvalue weighted by molar-refractivity contribution is -0.118. The molecular formula is C28H24Cl2N4OS. The number of anilines is 1. The third-order valence-corrected chi connectivity index (χ3v) is 7.17. The maximum Gasteiger partial charge on any atom is 0.239 e. The van der Waals surface area contributed by atoms with Crippen molar-refractivity contribution in [2.45, 2.75) is 32.7 Å². The summed E-state index contributed by atoms with van der Waals surface area (Å²) >= 11 is 18.8. The Morgan fingerprint density at radius 2 is 1.64 bits per heavy atom. The molecule has 8 heteroatoms. The summed E-state index contributed by atoms with van der Waals surface area (Å²) in [7, 11) is 0. The summed E-state index contributed by atoms with van der Waals surface area (Å²) in [6.07, 6.45) is 1.09. The first-order chi connectivity index (χ1) is 17.2. The minimum absolute atomic E-state index is 0.0727. The van der Waals surface area contributed by atoms with Crippen molar-refractivity contribution in [2.75, 3.05) is 5.01 Å². The predicted molar refractivity (Wildman–Crippen MR) is 149 cm³/mol. The molecule has 0 fully saturated rings. The number of rotatable bonds is 3. The molecule has 5 rings (SSSR count). The van der Waals surface area contributed by atoms with Gasteiger partial charge in [0.25, 0.3) is 0 Å². The SMILES string of the molecule is CC1(C)CC(=O)C2=C(C1)N(C(=S)N=Nc1ccccc1)N(c1ccccc1)C2c1ccc(Cl)cc1Cl. The van der Waals surface area contributed by atoms with Crippen LogP contribution in [0.25, 0.3) is 0 Å². The number of Topliss-reactive ketones (excluding diaryl/α,β-unsaturated/α-hetero) is 1. The molecule has 0 spiro atoms. The summed E-state index contributed by atoms with van der Waals surface area (Å²) in [6.45, 7) is 4.19. The molecule has 36 heavy (non-hydrogen) atoms. The highest BCUT2D eigenvalue weighted by atomic mass is 35.5. The first-order valence-electron chi connectivity index (χ1n) is 11.6. The molecule has 0 bridgehead atoms. The van der Waals surface area contributed by atoms with E-state index in [-0.39, 0.29) is 16.3 Å². The first kappa shape index (κ1) is 24.6. The molecule has 1 unspecified atom stereocenters. The van der Waals surface area contributed by atoms with E-state index in [2.05, 4.69) is 24.1 Å². The Bertz CT molecular complexity index is 1390. The van der Waals surface area contributed by atoms with E-state index < -0.39 is 6.04 Å². The van der Waals surface area contributed by atoms with Gasteiger partial charge in [0.1, 0.15) is 6.04 Å². The van der Waals surface area contributed by atoms with E-state index in [0.29, 0.717) is 34.1 Å². The monoisotopic (exact) mass is 534 g/mol. The fraction of sp³-hybridized carbons (Fsp3) is 0.214. The Labute approximate surface area is 226 Å². The van der Waals surface area contributed by atoms with Crippen LogP contribution < -0.4 is 5.01 Å². The van der Waals surface area contributed by atoms with E-state index >= 15 is 0 Å². The van der Waals surface area contributed by atoms with Crippen LogP contribution in [-0.4, -0.2) is 15.9 Å². The number of halogens is 2. The number of hydrogen-bond donors (Lipinski definition) is 0. The minimum Gasteiger partial charge on any atom is -0.294 e. The largest absolute Gasteiger partial charge is 0.294 e. The number of carbonyl (C=O) groups is 1. The van der Waals surface area contributed by atoms with Crippen molar-refractivity contribution >= 4 is 57.7 Å². The van der Waals surface area contributed by atoms with Crippen LogP contribution in [0.1, 0.15) is 38.3 Å². The van der Waals surface area contributed by atoms with Crippen LogP contribution in [0.15, 0.2) is 100 Å². The lowest BCUT2D eigenvalue weighted by Gasteiger charge is -2.37. The van der Waals surface area contributed by atoms with Crippen molar-refractivity contribution in [3.8, 4) is 0 Å². The molecule has 1 aliphatic heterocycles. The zero-order chi connectivity index (χ0) is 25.4. The van der Waals surface area contributed by atoms with E-state index in [9.17, 15) is 4.79 Å². The van der Waals surface area contributed by atoms with Crippen LogP contribution in [0.5, 0.6) is 0 Å². The van der Waals surface area contributed by atoms with Gasteiger partial charge < -0.3 is 0 Å². The van der Waals surface area contributed by atoms with Gasteiger partial charge in [-0.25, -0.2) is 5.01 Å². The lowest BCUT2D eigenvalue weighted by Crippen LogP contribution is -2.42. The van der Waals surface area contributed by atoms with E-state index in [0.717, 1.165) is 16.9 Å². The molecule has 3 aromatic rings. The molecule has 0 amide bonds. The fourth-order valence-electron chi connectivity index (χ4n) is 4.87. The van der Waals surface area contributed by atoms with Gasteiger partial charge in [0.2, 0.25) is 5.11 Å². The van der Waals surface area contributed by atoms with Gasteiger partial charge in [-0.2, -0.15) is 0 Å². The zero-order valence-corrected chi connectivity index (χ0v) is 22.2. The molecule has 5 nitrogen and oxygen atoms in total. The van der Waals surface area contributed by atoms with Crippen molar-refractivity contribution in [3.63, 3.8) is 0 Å². The first-order valence-corrected chi connectivity index (χ1v) is 12.8. The Balaban J connectivity index is 1.70. The van der Waals surface area contributed by atoms with E-state index in [1.165, 1.54) is 0 Å². The molecule has 2 aliphatic rings. The molecule has 0 radical (unpaired) electrons. The number of allylic oxidation sites excluding steroid dienone is 1. The summed E-state index contributed by atoms with van der Waals surface area (Å²) in [5.74, 6) is 0.0727. The average Bonchev–Trinajstić information content (AvgIpc) is 3.17. The lowest BCUT2D eigenvalue weighted by atomic mass is 9.74. The van der Waals surface area contributed by atoms with Gasteiger partial charge in [0, 0.05) is 22.0 Å². The number of hydrazine groups is 1. The van der Waals surface area contributed by atoms with Gasteiger partial charge >= 0.3 is 0 Å². The van der Waals surface area contributed by atoms with Crippen molar-refractivity contribution < 1.29 is 4.79 Å². The summed E-state index contributed by atoms with van der Waals surface area (Å²) in [5, 5.41) is 13.9. The maximum absolute atomic E-state index is 13.7. The molecule has 1 heterocycles. The number of ketones is 1. The zero-order valence-electron chi connectivity index (χ0n) is 19.9. The summed E-state index contributed by atoms with van der Waals surface area (Å²) in [6, 6.07) is 24.1. The number of para-hydroxylation sites is 1. The second-order valence-corrected chi connectivity index (χ2v) is 10.9. The Hall–Kier alpha value is -3.06. The third kappa shape index (κ3) is 4.69. The van der Waals surface area contributed by atoms with Crippen molar-refractivity contribution in [1.82, 2.24) is 5.01 Å². The van der Waals surface area contributed by atoms with Crippen LogP contribution in [0.2, 0.25) is 10.0 Å². The second-order valence-electron chi connectivity index (χ2n) is 9.68. The number of carbonyl (C=O) groups excluding carboxylic acids is 1. The molecule has 182 valence electrons. The van der Waals surface area contributed by atoms with Gasteiger partial charge in [-0.15, -0.1) is 10.2 Å². The van der Waals surface area contributed by atoms with Crippen LogP contribution in [0.4, 0.5) is 11.4 Å². The topological polar surface area (TPSA) is 48.3 Å². The summed E-state index contributed by atoms with van der Waals surface area (Å²) in [4.78, 5) is 13.7. The molecular weight excluding hydrogens is 511 g/mol. The van der Waals surface area contributed by atoms with Crippen LogP contribution >= 0.6 is 35.4 Å². The number of azo groups is 1. The molecule has 1 aliphatic carbocycles. The fourth-order valence-corrected chi connectivity index (χ4v) is 5.62. The standard InChI is InChI=1S/C28H24Cl2N4OS/c1-28(2)16-23-25(24(35)17-28)26(21-14-13-18(29)15-22(21)30)33(20-11-7-4-8-12-20)34(23)27(36)32-31-19-9-5-3-6-10-19/h3-15,26H,16-17H2,1-2H3. The van der Waals surface area contributed by atoms with Gasteiger partial charge in [0.05, 0.1) is 17.1 Å². The third-order valence-electron chi connectivity index (χ3n) is 6.35. The molecule has 0 saturated heterocycles. The number of hydrogen-bond acceptors (Lipinski definition) is 4. The summed E-state index contributed by atoms with van der Waals surface area (Å²) in [5.41, 5.74) is 3.59. The van der Waals surface area contributed by atoms with Crippen LogP contribution in [0.3, 0.4) is 0 Å². The molecule has 0 N–H and O–H groups in total. The molecule has 3 aromatic carbocycles. The second kappa shape index (κ2) is 9.77. The van der Waals surface area contributed by atoms with E-state index in [4.69, 9.17) is 35.4 Å². The molecule has 0 aromatic heterocycles. The minimum atomic E-state index is -0.486. The van der Waals surface area contributed by atoms with Crippen LogP contribution in [0, 0.1) is 5.41 Å². The van der Waals surface area contributed by atoms with Crippen LogP contribution in [-0.2, 0) is 4.79 Å². The van der Waals surface area contributed by atoms with Crippen molar-refractivity contribution in [2.24, 2.45) is 15.6 Å². The highest BCUT2D eigenvalue weighted by molar-refractivity contribution is 7.80. The summed E-state index contributed by atoms with van der Waals surface area (Å²) < 4.78 is 0. The van der Waals surface area contributed by atoms with E-state index in [1.807, 2.05) is 76.7 Å². The van der Waals surface area contributed by atoms with Gasteiger partial charge in [0.15, 0.2) is 5.78 Å². The number of benzene rings is 3. The number of thiocarbonyl (C=S) groups is 1. The number of nitrogens with zero attached hydrogens (tertiary/aromatic N) is 4. The molecule has 0 saturated carbocycles. The maximum atomic E-state index is 13.7. The predicted octanol–water partition coefficient (Wildman–Crippen LogP) is 8.48. The van der Waals surface area contributed by atoms with Gasteiger partial charge in [-0.05, 0) is 66.0 Å². The Kier molecular flexibility index (Phi) is 6.68. The highest BCUT2D eigenvalue weighted by Crippen LogP contribution is 2.52. The Morgan fingerprint density at radius 3 is 2.31 bits per heavy atom. The van der Waals surface area contributed by atoms with E-state index in [1.54, 1.807) is 12.1 Å². The normalized spacial score (nSPS) is 19.2. The smallest absolute Gasteiger partial charge is 0.239 e. The molecule has 1 atom stereocenters. The van der Waals surface area contributed by atoms with Crippen molar-refractivity contribution in [3.05, 3.63) is 106 Å².